The van der Waals surface area contributed by atoms with Gasteiger partial charge in [-0.05, 0) is 82.4 Å². The molecule has 0 amide bonds. The van der Waals surface area contributed by atoms with Crippen LogP contribution < -0.4 is 0 Å². The number of pyridine rings is 9. The van der Waals surface area contributed by atoms with Crippen LogP contribution in [0.15, 0.2) is 286 Å². The van der Waals surface area contributed by atoms with Crippen molar-refractivity contribution in [2.24, 2.45) is 0 Å². The first-order valence-electron chi connectivity index (χ1n) is 29.3. The maximum absolute atomic E-state index is 5.22. The fourth-order valence-electron chi connectivity index (χ4n) is 12.7. The monoisotopic (exact) mass is 1120 g/mol. The van der Waals surface area contributed by atoms with E-state index in [2.05, 4.69) is 226 Å². The van der Waals surface area contributed by atoms with Crippen molar-refractivity contribution in [2.45, 2.75) is 0 Å². The highest BCUT2D eigenvalue weighted by atomic mass is 14.8. The molecule has 9 heteroatoms. The van der Waals surface area contributed by atoms with Gasteiger partial charge in [0.2, 0.25) is 0 Å². The van der Waals surface area contributed by atoms with Gasteiger partial charge in [-0.25, -0.2) is 19.9 Å². The molecular formula is C79H47N9. The van der Waals surface area contributed by atoms with Crippen LogP contribution in [-0.4, -0.2) is 44.9 Å². The predicted octanol–water partition coefficient (Wildman–Crippen LogP) is 19.5. The number of aromatic nitrogens is 9. The van der Waals surface area contributed by atoms with Gasteiger partial charge in [0.1, 0.15) is 0 Å². The lowest BCUT2D eigenvalue weighted by molar-refractivity contribution is 1.28. The molecule has 88 heavy (non-hydrogen) atoms. The second-order valence-corrected chi connectivity index (χ2v) is 22.0. The minimum Gasteiger partial charge on any atom is -0.254 e. The van der Waals surface area contributed by atoms with Crippen LogP contribution in [0.2, 0.25) is 0 Å². The lowest BCUT2D eigenvalue weighted by atomic mass is 9.95. The molecule has 0 saturated carbocycles. The molecule has 9 nitrogen and oxygen atoms in total. The Labute approximate surface area is 504 Å². The van der Waals surface area contributed by atoms with Crippen LogP contribution in [0.1, 0.15) is 0 Å². The minimum absolute atomic E-state index is 0.808. The Bertz CT molecular complexity index is 5440. The van der Waals surface area contributed by atoms with E-state index in [0.717, 1.165) is 159 Å². The lowest BCUT2D eigenvalue weighted by Gasteiger charge is -2.13. The molecule has 9 heterocycles. The van der Waals surface area contributed by atoms with Crippen LogP contribution in [-0.2, 0) is 0 Å². The van der Waals surface area contributed by atoms with Crippen molar-refractivity contribution in [3.8, 4) is 67.2 Å². The molecule has 0 atom stereocenters. The Balaban J connectivity index is 0.000000137. The molecule has 0 N–H and O–H groups in total. The van der Waals surface area contributed by atoms with Crippen LogP contribution in [0.25, 0.3) is 176 Å². The normalized spacial score (nSPS) is 11.6. The molecule has 0 bridgehead atoms. The van der Waals surface area contributed by atoms with Gasteiger partial charge in [0.15, 0.2) is 0 Å². The molecule has 0 unspecified atom stereocenters. The minimum atomic E-state index is 0.808. The molecule has 0 saturated heterocycles. The van der Waals surface area contributed by atoms with Gasteiger partial charge in [-0.15, -0.1) is 0 Å². The summed E-state index contributed by atoms with van der Waals surface area (Å²) in [4.78, 5) is 44.1. The number of rotatable bonds is 6. The van der Waals surface area contributed by atoms with E-state index in [9.17, 15) is 0 Å². The van der Waals surface area contributed by atoms with Crippen molar-refractivity contribution in [1.82, 2.24) is 44.9 Å². The van der Waals surface area contributed by atoms with E-state index in [1.54, 1.807) is 0 Å². The van der Waals surface area contributed by atoms with E-state index in [4.69, 9.17) is 24.9 Å². The SMILES string of the molecule is c1ccc(-c2c3ccccc3nc3c2ccc2ccc(-c4ccc(-c5ccnc6c5ccc5cccnc56)cc4)nc23)cc1.c1ccc(-c2c3ccccc3nc3c2ccc2ccc(-c4ccc(-c5ccnc6c5ccc5cccnc56)cn4)nc23)cc1. The zero-order valence-electron chi connectivity index (χ0n) is 47.2. The van der Waals surface area contributed by atoms with Crippen molar-refractivity contribution in [1.29, 1.82) is 0 Å². The Kier molecular flexibility index (Phi) is 12.0. The van der Waals surface area contributed by atoms with E-state index in [1.807, 2.05) is 79.5 Å². The molecule has 0 spiro atoms. The maximum atomic E-state index is 5.22. The highest BCUT2D eigenvalue weighted by molar-refractivity contribution is 6.18. The third-order valence-electron chi connectivity index (χ3n) is 16.9. The molecule has 18 aromatic rings. The van der Waals surface area contributed by atoms with Gasteiger partial charge in [-0.3, -0.25) is 24.9 Å². The first kappa shape index (κ1) is 50.4. The van der Waals surface area contributed by atoms with Gasteiger partial charge in [0.05, 0.1) is 72.2 Å². The molecule has 18 rings (SSSR count). The summed E-state index contributed by atoms with van der Waals surface area (Å²) < 4.78 is 0. The molecular weight excluding hydrogens is 1070 g/mol. The lowest BCUT2D eigenvalue weighted by Crippen LogP contribution is -1.94. The van der Waals surface area contributed by atoms with E-state index in [1.165, 1.54) is 16.7 Å². The first-order chi connectivity index (χ1) is 43.6. The molecule has 0 aliphatic heterocycles. The van der Waals surface area contributed by atoms with Crippen LogP contribution >= 0.6 is 0 Å². The van der Waals surface area contributed by atoms with Crippen molar-refractivity contribution in [2.75, 3.05) is 0 Å². The summed E-state index contributed by atoms with van der Waals surface area (Å²) in [5.74, 6) is 0. The average molecular weight is 1120 g/mol. The van der Waals surface area contributed by atoms with E-state index >= 15 is 0 Å². The molecule has 0 aliphatic carbocycles. The molecule has 0 radical (unpaired) electrons. The smallest absolute Gasteiger partial charge is 0.0978 e. The van der Waals surface area contributed by atoms with Gasteiger partial charge in [0.25, 0.3) is 0 Å². The summed E-state index contributed by atoms with van der Waals surface area (Å²) in [6.07, 6.45) is 9.27. The third-order valence-corrected chi connectivity index (χ3v) is 16.9. The number of fused-ring (bicyclic) bond motifs is 14. The summed E-state index contributed by atoms with van der Waals surface area (Å²) in [7, 11) is 0. The fraction of sp³-hybridized carbons (Fsp3) is 0. The highest BCUT2D eigenvalue weighted by Crippen LogP contribution is 2.41. The Morgan fingerprint density at radius 1 is 0.193 bits per heavy atom. The summed E-state index contributed by atoms with van der Waals surface area (Å²) in [5, 5.41) is 10.9. The molecule has 0 fully saturated rings. The highest BCUT2D eigenvalue weighted by Gasteiger charge is 2.19. The number of nitrogens with zero attached hydrogens (tertiary/aromatic N) is 9. The van der Waals surface area contributed by atoms with Crippen LogP contribution in [0.4, 0.5) is 0 Å². The summed E-state index contributed by atoms with van der Waals surface area (Å²) >= 11 is 0. The van der Waals surface area contributed by atoms with Crippen LogP contribution in [0.5, 0.6) is 0 Å². The Morgan fingerprint density at radius 3 is 1.15 bits per heavy atom. The fourth-order valence-corrected chi connectivity index (χ4v) is 12.7. The van der Waals surface area contributed by atoms with Crippen molar-refractivity contribution in [3.05, 3.63) is 286 Å². The second-order valence-electron chi connectivity index (χ2n) is 22.0. The first-order valence-corrected chi connectivity index (χ1v) is 29.3. The van der Waals surface area contributed by atoms with E-state index < -0.39 is 0 Å². The Morgan fingerprint density at radius 2 is 0.614 bits per heavy atom. The van der Waals surface area contributed by atoms with Gasteiger partial charge < -0.3 is 0 Å². The standard InChI is InChI=1S/C40H24N4.C39H23N5/c1-2-7-27(8-3-1)36-32-10-4-5-11-35(32)44-40-33(36)20-17-29-18-21-34(43-38(29)40)26-14-12-25(13-15-26)30-22-24-42-39-31(30)19-16-28-9-6-23-41-37(28)39;1-2-7-24(8-3-1)35-30-10-4-5-11-32(30)43-39-31(35)17-13-26-14-19-34(44-37(26)39)33-18-15-27(23-42-33)28-20-22-41-38-29(28)16-12-25-9-6-21-40-36(25)38/h1-24H;1-23H. The third kappa shape index (κ3) is 8.59. The van der Waals surface area contributed by atoms with Crippen LogP contribution in [0.3, 0.4) is 0 Å². The Hall–Kier alpha value is -12.1. The molecule has 9 aromatic carbocycles. The summed E-state index contributed by atoms with van der Waals surface area (Å²) in [6.45, 7) is 0. The zero-order valence-corrected chi connectivity index (χ0v) is 47.2. The van der Waals surface area contributed by atoms with Gasteiger partial charge in [0, 0.05) is 107 Å². The number of hydrogen-bond acceptors (Lipinski definition) is 9. The maximum Gasteiger partial charge on any atom is 0.0978 e. The second kappa shape index (κ2) is 20.9. The van der Waals surface area contributed by atoms with Gasteiger partial charge in [-0.1, -0.05) is 200 Å². The topological polar surface area (TPSA) is 116 Å². The molecule has 9 aromatic heterocycles. The number of hydrogen-bond donors (Lipinski definition) is 0. The predicted molar refractivity (Wildman–Crippen MR) is 361 cm³/mol. The average Bonchev–Trinajstić information content (AvgIpc) is 1.34. The van der Waals surface area contributed by atoms with E-state index in [-0.39, 0.29) is 0 Å². The summed E-state index contributed by atoms with van der Waals surface area (Å²) in [6, 6.07) is 88.3. The van der Waals surface area contributed by atoms with E-state index in [0.29, 0.717) is 0 Å². The van der Waals surface area contributed by atoms with Crippen molar-refractivity contribution < 1.29 is 0 Å². The quantitative estimate of drug-likeness (QED) is 0.119. The zero-order chi connectivity index (χ0) is 58.1. The van der Waals surface area contributed by atoms with Gasteiger partial charge in [-0.2, -0.15) is 0 Å². The van der Waals surface area contributed by atoms with Crippen LogP contribution in [0, 0.1) is 0 Å². The van der Waals surface area contributed by atoms with Crippen molar-refractivity contribution in [3.63, 3.8) is 0 Å². The summed E-state index contributed by atoms with van der Waals surface area (Å²) in [5.41, 5.74) is 21.8. The largest absolute Gasteiger partial charge is 0.254 e. The number of para-hydroxylation sites is 2. The molecule has 408 valence electrons. The molecule has 0 aliphatic rings. The number of benzene rings is 9. The van der Waals surface area contributed by atoms with Gasteiger partial charge >= 0.3 is 0 Å². The van der Waals surface area contributed by atoms with Crippen molar-refractivity contribution >= 4 is 109 Å².